The minimum absolute atomic E-state index is 0.165. The van der Waals surface area contributed by atoms with Crippen molar-refractivity contribution in [3.05, 3.63) is 35.1 Å². The lowest BCUT2D eigenvalue weighted by Gasteiger charge is -2.11. The van der Waals surface area contributed by atoms with Crippen molar-refractivity contribution in [1.29, 1.82) is 0 Å². The minimum Gasteiger partial charge on any atom is -0.379 e. The van der Waals surface area contributed by atoms with Crippen molar-refractivity contribution in [1.82, 2.24) is 10.2 Å². The molecule has 0 unspecified atom stereocenters. The van der Waals surface area contributed by atoms with Gasteiger partial charge in [-0.15, -0.1) is 0 Å². The normalized spacial score (nSPS) is 12.1. The molecule has 3 nitrogen and oxygen atoms in total. The van der Waals surface area contributed by atoms with Crippen molar-refractivity contribution in [2.45, 2.75) is 12.7 Å². The molecule has 0 aromatic heterocycles. The lowest BCUT2D eigenvalue weighted by atomic mass is 10.1. The van der Waals surface area contributed by atoms with Crippen LogP contribution in [0.15, 0.2) is 18.2 Å². The molecule has 0 bridgehead atoms. The SMILES string of the molecule is CN(C)CCOCCNCc1cc(F)cc(C(F)(F)F)c1. The van der Waals surface area contributed by atoms with Crippen molar-refractivity contribution < 1.29 is 22.3 Å². The van der Waals surface area contributed by atoms with Gasteiger partial charge in [-0.1, -0.05) is 0 Å². The van der Waals surface area contributed by atoms with E-state index >= 15 is 0 Å². The zero-order valence-corrected chi connectivity index (χ0v) is 12.1. The predicted octanol–water partition coefficient (Wildman–Crippen LogP) is 2.51. The molecule has 0 fully saturated rings. The average molecular weight is 308 g/mol. The van der Waals surface area contributed by atoms with Crippen LogP contribution in [0.3, 0.4) is 0 Å². The van der Waals surface area contributed by atoms with Gasteiger partial charge in [-0.3, -0.25) is 0 Å². The third-order valence-corrected chi connectivity index (χ3v) is 2.72. The van der Waals surface area contributed by atoms with E-state index < -0.39 is 17.6 Å². The molecule has 1 aromatic carbocycles. The maximum Gasteiger partial charge on any atom is 0.416 e. The summed E-state index contributed by atoms with van der Waals surface area (Å²) >= 11 is 0. The van der Waals surface area contributed by atoms with E-state index in [0.29, 0.717) is 25.8 Å². The topological polar surface area (TPSA) is 24.5 Å². The van der Waals surface area contributed by atoms with E-state index in [0.717, 1.165) is 18.7 Å². The molecule has 0 saturated carbocycles. The number of likely N-dealkylation sites (N-methyl/N-ethyl adjacent to an activating group) is 1. The van der Waals surface area contributed by atoms with E-state index in [2.05, 4.69) is 5.32 Å². The van der Waals surface area contributed by atoms with Crippen molar-refractivity contribution in [3.63, 3.8) is 0 Å². The number of hydrogen-bond donors (Lipinski definition) is 1. The van der Waals surface area contributed by atoms with Crippen molar-refractivity contribution in [2.24, 2.45) is 0 Å². The van der Waals surface area contributed by atoms with Crippen LogP contribution in [-0.2, 0) is 17.5 Å². The summed E-state index contributed by atoms with van der Waals surface area (Å²) < 4.78 is 56.1. The Kier molecular flexibility index (Phi) is 7.07. The number of rotatable bonds is 8. The lowest BCUT2D eigenvalue weighted by molar-refractivity contribution is -0.137. The molecular weight excluding hydrogens is 288 g/mol. The fourth-order valence-electron chi connectivity index (χ4n) is 1.64. The minimum atomic E-state index is -4.54. The number of alkyl halides is 3. The second-order valence-electron chi connectivity index (χ2n) is 4.94. The van der Waals surface area contributed by atoms with Crippen LogP contribution in [0.2, 0.25) is 0 Å². The fraction of sp³-hybridized carbons (Fsp3) is 0.571. The molecule has 0 aliphatic rings. The second kappa shape index (κ2) is 8.31. The molecule has 1 N–H and O–H groups in total. The molecule has 21 heavy (non-hydrogen) atoms. The largest absolute Gasteiger partial charge is 0.416 e. The molecule has 0 aliphatic heterocycles. The summed E-state index contributed by atoms with van der Waals surface area (Å²) in [4.78, 5) is 1.98. The zero-order valence-electron chi connectivity index (χ0n) is 12.1. The first-order valence-corrected chi connectivity index (χ1v) is 6.59. The van der Waals surface area contributed by atoms with E-state index in [-0.39, 0.29) is 12.1 Å². The Morgan fingerprint density at radius 1 is 1.14 bits per heavy atom. The summed E-state index contributed by atoms with van der Waals surface area (Å²) in [6.45, 7) is 2.50. The third kappa shape index (κ3) is 7.40. The van der Waals surface area contributed by atoms with Crippen LogP contribution >= 0.6 is 0 Å². The highest BCUT2D eigenvalue weighted by Crippen LogP contribution is 2.30. The third-order valence-electron chi connectivity index (χ3n) is 2.72. The fourth-order valence-corrected chi connectivity index (χ4v) is 1.64. The lowest BCUT2D eigenvalue weighted by Crippen LogP contribution is -2.23. The molecule has 0 aliphatic carbocycles. The number of hydrogen-bond acceptors (Lipinski definition) is 3. The first-order chi connectivity index (χ1) is 9.79. The Hall–Kier alpha value is -1.18. The predicted molar refractivity (Wildman–Crippen MR) is 72.5 cm³/mol. The molecule has 0 amide bonds. The standard InChI is InChI=1S/C14H20F4N2O/c1-20(2)4-6-21-5-3-19-10-11-7-12(14(16,17)18)9-13(15)8-11/h7-9,19H,3-6,10H2,1-2H3. The van der Waals surface area contributed by atoms with E-state index in [1.807, 2.05) is 19.0 Å². The van der Waals surface area contributed by atoms with Gasteiger partial charge in [-0.05, 0) is 37.9 Å². The Bertz CT molecular complexity index is 435. The van der Waals surface area contributed by atoms with Gasteiger partial charge in [0.15, 0.2) is 0 Å². The van der Waals surface area contributed by atoms with Crippen LogP contribution < -0.4 is 5.32 Å². The van der Waals surface area contributed by atoms with Crippen LogP contribution in [-0.4, -0.2) is 45.3 Å². The Balaban J connectivity index is 2.34. The molecule has 120 valence electrons. The molecule has 0 saturated heterocycles. The summed E-state index contributed by atoms with van der Waals surface area (Å²) in [5.74, 6) is -0.885. The molecule has 7 heteroatoms. The Morgan fingerprint density at radius 2 is 1.86 bits per heavy atom. The summed E-state index contributed by atoms with van der Waals surface area (Å²) in [7, 11) is 3.87. The van der Waals surface area contributed by atoms with Gasteiger partial charge >= 0.3 is 6.18 Å². The highest BCUT2D eigenvalue weighted by atomic mass is 19.4. The Morgan fingerprint density at radius 3 is 2.48 bits per heavy atom. The van der Waals surface area contributed by atoms with Gasteiger partial charge < -0.3 is 15.0 Å². The number of halogens is 4. The van der Waals surface area contributed by atoms with Gasteiger partial charge in [0.1, 0.15) is 5.82 Å². The Labute approximate surface area is 121 Å². The number of ether oxygens (including phenoxy) is 1. The van der Waals surface area contributed by atoms with Gasteiger partial charge in [-0.25, -0.2) is 4.39 Å². The number of nitrogens with zero attached hydrogens (tertiary/aromatic N) is 1. The van der Waals surface area contributed by atoms with Gasteiger partial charge in [-0.2, -0.15) is 13.2 Å². The van der Waals surface area contributed by atoms with E-state index in [1.165, 1.54) is 0 Å². The average Bonchev–Trinajstić information content (AvgIpc) is 2.35. The van der Waals surface area contributed by atoms with Crippen molar-refractivity contribution >= 4 is 0 Å². The van der Waals surface area contributed by atoms with Gasteiger partial charge in [0.05, 0.1) is 18.8 Å². The maximum atomic E-state index is 13.2. The smallest absolute Gasteiger partial charge is 0.379 e. The van der Waals surface area contributed by atoms with Crippen LogP contribution in [0.1, 0.15) is 11.1 Å². The molecule has 0 atom stereocenters. The molecule has 0 heterocycles. The van der Waals surface area contributed by atoms with Crippen molar-refractivity contribution in [3.8, 4) is 0 Å². The van der Waals surface area contributed by atoms with Gasteiger partial charge in [0, 0.05) is 19.6 Å². The summed E-state index contributed by atoms with van der Waals surface area (Å²) in [5, 5.41) is 2.92. The molecule has 1 aromatic rings. The van der Waals surface area contributed by atoms with Crippen LogP contribution in [0.5, 0.6) is 0 Å². The van der Waals surface area contributed by atoms with Crippen LogP contribution in [0, 0.1) is 5.82 Å². The highest BCUT2D eigenvalue weighted by Gasteiger charge is 2.31. The first-order valence-electron chi connectivity index (χ1n) is 6.59. The van der Waals surface area contributed by atoms with E-state index in [4.69, 9.17) is 4.74 Å². The van der Waals surface area contributed by atoms with E-state index in [1.54, 1.807) is 0 Å². The maximum absolute atomic E-state index is 13.2. The van der Waals surface area contributed by atoms with Crippen LogP contribution in [0.4, 0.5) is 17.6 Å². The van der Waals surface area contributed by atoms with Crippen molar-refractivity contribution in [2.75, 3.05) is 40.4 Å². The number of benzene rings is 1. The van der Waals surface area contributed by atoms with E-state index in [9.17, 15) is 17.6 Å². The second-order valence-corrected chi connectivity index (χ2v) is 4.94. The van der Waals surface area contributed by atoms with Crippen LogP contribution in [0.25, 0.3) is 0 Å². The monoisotopic (exact) mass is 308 g/mol. The molecule has 1 rings (SSSR count). The number of nitrogens with one attached hydrogen (secondary N) is 1. The molecule has 0 radical (unpaired) electrons. The zero-order chi connectivity index (χ0) is 15.9. The summed E-state index contributed by atoms with van der Waals surface area (Å²) in [6.07, 6.45) is -4.54. The first kappa shape index (κ1) is 17.9. The molecule has 0 spiro atoms. The highest BCUT2D eigenvalue weighted by molar-refractivity contribution is 5.26. The van der Waals surface area contributed by atoms with Gasteiger partial charge in [0.25, 0.3) is 0 Å². The quantitative estimate of drug-likeness (QED) is 0.590. The molecular formula is C14H20F4N2O. The summed E-state index contributed by atoms with van der Waals surface area (Å²) in [5.41, 5.74) is -0.711. The van der Waals surface area contributed by atoms with Gasteiger partial charge in [0.2, 0.25) is 0 Å². The summed E-state index contributed by atoms with van der Waals surface area (Å²) in [6, 6.07) is 2.53.